The van der Waals surface area contributed by atoms with Crippen LogP contribution in [-0.2, 0) is 10.8 Å². The molecule has 0 amide bonds. The second-order valence-corrected chi connectivity index (χ2v) is 19.6. The maximum Gasteiger partial charge on any atom is 0.166 e. The fourth-order valence-corrected chi connectivity index (χ4v) is 9.53. The Morgan fingerprint density at radius 2 is 0.853 bits per heavy atom. The van der Waals surface area contributed by atoms with E-state index >= 15 is 0 Å². The third kappa shape index (κ3) is 7.17. The number of aromatic nitrogens is 5. The largest absolute Gasteiger partial charge is 0.309 e. The predicted molar refractivity (Wildman–Crippen MR) is 277 cm³/mol. The quantitative estimate of drug-likeness (QED) is 0.166. The van der Waals surface area contributed by atoms with Gasteiger partial charge in [0.25, 0.3) is 0 Å². The summed E-state index contributed by atoms with van der Waals surface area (Å²) < 4.78 is 4.58. The molecule has 0 fully saturated rings. The van der Waals surface area contributed by atoms with Crippen molar-refractivity contribution in [3.63, 3.8) is 0 Å². The molecular weight excluding hydrogens is 831 g/mol. The molecule has 0 unspecified atom stereocenters. The van der Waals surface area contributed by atoms with Gasteiger partial charge in [-0.2, -0.15) is 10.5 Å². The monoisotopic (exact) mass is 877 g/mol. The molecule has 7 nitrogen and oxygen atoms in total. The Labute approximate surface area is 395 Å². The summed E-state index contributed by atoms with van der Waals surface area (Å²) in [6.07, 6.45) is 0. The maximum absolute atomic E-state index is 10.4. The van der Waals surface area contributed by atoms with Gasteiger partial charge in [-0.05, 0) is 112 Å². The molecule has 0 N–H and O–H groups in total. The van der Waals surface area contributed by atoms with Crippen LogP contribution in [0.5, 0.6) is 0 Å². The van der Waals surface area contributed by atoms with Gasteiger partial charge in [-0.1, -0.05) is 139 Å². The van der Waals surface area contributed by atoms with Gasteiger partial charge in [0.05, 0.1) is 56.7 Å². The Bertz CT molecular complexity index is 3880. The van der Waals surface area contributed by atoms with Gasteiger partial charge < -0.3 is 9.13 Å². The van der Waals surface area contributed by atoms with Gasteiger partial charge in [0.1, 0.15) is 0 Å². The van der Waals surface area contributed by atoms with E-state index in [9.17, 15) is 10.5 Å². The van der Waals surface area contributed by atoms with Crippen LogP contribution < -0.4 is 0 Å². The number of nitrogens with zero attached hydrogens (tertiary/aromatic N) is 7. The molecule has 326 valence electrons. The van der Waals surface area contributed by atoms with Crippen LogP contribution >= 0.6 is 0 Å². The molecule has 8 aromatic carbocycles. The molecular formula is C61H47N7. The zero-order valence-corrected chi connectivity index (χ0v) is 38.9. The highest BCUT2D eigenvalue weighted by atomic mass is 15.1. The molecule has 0 saturated carbocycles. The minimum absolute atomic E-state index is 0.0424. The number of nitriles is 2. The molecule has 0 radical (unpaired) electrons. The van der Waals surface area contributed by atoms with E-state index in [0.717, 1.165) is 77.4 Å². The Hall–Kier alpha value is -8.65. The number of benzene rings is 8. The van der Waals surface area contributed by atoms with Crippen LogP contribution in [0.15, 0.2) is 176 Å². The van der Waals surface area contributed by atoms with Crippen LogP contribution in [0.25, 0.3) is 100 Å². The van der Waals surface area contributed by atoms with E-state index in [1.54, 1.807) is 0 Å². The van der Waals surface area contributed by atoms with Crippen molar-refractivity contribution >= 4 is 43.6 Å². The predicted octanol–water partition coefficient (Wildman–Crippen LogP) is 15.1. The van der Waals surface area contributed by atoms with E-state index in [1.165, 1.54) is 16.5 Å². The molecule has 3 heterocycles. The van der Waals surface area contributed by atoms with Crippen LogP contribution in [0.3, 0.4) is 0 Å². The van der Waals surface area contributed by atoms with Crippen LogP contribution in [0.4, 0.5) is 0 Å². The van der Waals surface area contributed by atoms with E-state index in [0.29, 0.717) is 28.6 Å². The van der Waals surface area contributed by atoms with Gasteiger partial charge in [0.2, 0.25) is 0 Å². The second kappa shape index (κ2) is 16.0. The van der Waals surface area contributed by atoms with Crippen LogP contribution in [-0.4, -0.2) is 24.1 Å². The Kier molecular flexibility index (Phi) is 9.92. The summed E-state index contributed by atoms with van der Waals surface area (Å²) >= 11 is 0. The molecule has 11 rings (SSSR count). The first-order valence-corrected chi connectivity index (χ1v) is 23.0. The van der Waals surface area contributed by atoms with Gasteiger partial charge in [-0.25, -0.2) is 15.0 Å². The standard InChI is InChI=1S/C61H47N7/c1-60(2,3)43-26-30-53-48(34-43)45-16-10-12-18-51(45)67(53)55-29-25-42(40-23-20-38(36-62)21-24-40)33-50(55)59-65-57(41-14-8-7-9-15-41)64-58(66-59)47-28-22-39(37-63)32-56(47)68-52-19-13-11-17-46(52)49-35-44(61(4,5)6)27-31-54(49)68/h7-35H,1-6H3. The Balaban J connectivity index is 1.22. The molecule has 0 atom stereocenters. The fraction of sp³-hybridized carbons (Fsp3) is 0.131. The van der Waals surface area contributed by atoms with Crippen molar-refractivity contribution in [2.75, 3.05) is 0 Å². The highest BCUT2D eigenvalue weighted by Crippen LogP contribution is 2.42. The van der Waals surface area contributed by atoms with Crippen molar-refractivity contribution < 1.29 is 0 Å². The van der Waals surface area contributed by atoms with Crippen molar-refractivity contribution in [2.45, 2.75) is 52.4 Å². The molecule has 0 bridgehead atoms. The van der Waals surface area contributed by atoms with Crippen LogP contribution in [0, 0.1) is 22.7 Å². The number of fused-ring (bicyclic) bond motifs is 6. The average Bonchev–Trinajstić information content (AvgIpc) is 3.88. The van der Waals surface area contributed by atoms with Crippen molar-refractivity contribution in [3.8, 4) is 68.8 Å². The zero-order valence-electron chi connectivity index (χ0n) is 38.9. The molecule has 7 heteroatoms. The second-order valence-electron chi connectivity index (χ2n) is 19.6. The highest BCUT2D eigenvalue weighted by Gasteiger charge is 2.25. The van der Waals surface area contributed by atoms with Crippen molar-refractivity contribution in [2.24, 2.45) is 0 Å². The zero-order chi connectivity index (χ0) is 46.9. The number of hydrogen-bond acceptors (Lipinski definition) is 5. The molecule has 3 aromatic heterocycles. The highest BCUT2D eigenvalue weighted by molar-refractivity contribution is 6.11. The minimum Gasteiger partial charge on any atom is -0.309 e. The third-order valence-electron chi connectivity index (χ3n) is 13.2. The van der Waals surface area contributed by atoms with Crippen LogP contribution in [0.2, 0.25) is 0 Å². The first kappa shape index (κ1) is 42.0. The normalized spacial score (nSPS) is 11.9. The van der Waals surface area contributed by atoms with E-state index in [-0.39, 0.29) is 10.8 Å². The molecule has 0 aliphatic rings. The SMILES string of the molecule is CC(C)(C)c1ccc2c(c1)c1ccccc1n2-c1ccc(-c2ccc(C#N)cc2)cc1-c1nc(-c2ccccc2)nc(-c2ccc(C#N)cc2-n2c3ccccc3c3cc(C(C)(C)C)ccc32)n1. The summed E-state index contributed by atoms with van der Waals surface area (Å²) in [4.78, 5) is 16.2. The summed E-state index contributed by atoms with van der Waals surface area (Å²) in [6, 6.07) is 65.1. The fourth-order valence-electron chi connectivity index (χ4n) is 9.53. The summed E-state index contributed by atoms with van der Waals surface area (Å²) in [5.74, 6) is 1.48. The van der Waals surface area contributed by atoms with E-state index < -0.39 is 0 Å². The lowest BCUT2D eigenvalue weighted by Crippen LogP contribution is -2.10. The molecule has 0 aliphatic heterocycles. The number of hydrogen-bond donors (Lipinski definition) is 0. The lowest BCUT2D eigenvalue weighted by atomic mass is 9.86. The Morgan fingerprint density at radius 1 is 0.368 bits per heavy atom. The minimum atomic E-state index is -0.0523. The topological polar surface area (TPSA) is 96.1 Å². The smallest absolute Gasteiger partial charge is 0.166 e. The lowest BCUT2D eigenvalue weighted by Gasteiger charge is -2.20. The lowest BCUT2D eigenvalue weighted by molar-refractivity contribution is 0.591. The molecule has 68 heavy (non-hydrogen) atoms. The van der Waals surface area contributed by atoms with Crippen molar-refractivity contribution in [3.05, 3.63) is 198 Å². The van der Waals surface area contributed by atoms with Crippen LogP contribution in [0.1, 0.15) is 63.8 Å². The van der Waals surface area contributed by atoms with Gasteiger partial charge in [-0.3, -0.25) is 0 Å². The summed E-state index contributed by atoms with van der Waals surface area (Å²) in [5.41, 5.74) is 13.7. The summed E-state index contributed by atoms with van der Waals surface area (Å²) in [7, 11) is 0. The molecule has 0 saturated heterocycles. The summed E-state index contributed by atoms with van der Waals surface area (Å²) in [6.45, 7) is 13.5. The summed E-state index contributed by atoms with van der Waals surface area (Å²) in [5, 5.41) is 24.7. The van der Waals surface area contributed by atoms with E-state index in [4.69, 9.17) is 15.0 Å². The molecule has 11 aromatic rings. The Morgan fingerprint density at radius 3 is 1.43 bits per heavy atom. The molecule has 0 spiro atoms. The van der Waals surface area contributed by atoms with Gasteiger partial charge >= 0.3 is 0 Å². The van der Waals surface area contributed by atoms with Gasteiger partial charge in [0.15, 0.2) is 17.5 Å². The van der Waals surface area contributed by atoms with Gasteiger partial charge in [0, 0.05) is 38.2 Å². The average molecular weight is 878 g/mol. The number of rotatable bonds is 6. The third-order valence-corrected chi connectivity index (χ3v) is 13.2. The van der Waals surface area contributed by atoms with E-state index in [1.807, 2.05) is 72.8 Å². The van der Waals surface area contributed by atoms with Gasteiger partial charge in [-0.15, -0.1) is 0 Å². The first-order valence-electron chi connectivity index (χ1n) is 23.0. The van der Waals surface area contributed by atoms with E-state index in [2.05, 4.69) is 166 Å². The number of para-hydroxylation sites is 2. The maximum atomic E-state index is 10.4. The first-order chi connectivity index (χ1) is 32.9. The van der Waals surface area contributed by atoms with Crippen molar-refractivity contribution in [1.29, 1.82) is 10.5 Å². The molecule has 0 aliphatic carbocycles. The van der Waals surface area contributed by atoms with Crippen molar-refractivity contribution in [1.82, 2.24) is 24.1 Å².